The van der Waals surface area contributed by atoms with Gasteiger partial charge in [-0.3, -0.25) is 9.79 Å². The van der Waals surface area contributed by atoms with Gasteiger partial charge in [0.15, 0.2) is 5.82 Å². The number of nitrogens with zero attached hydrogens (tertiary/aromatic N) is 3. The van der Waals surface area contributed by atoms with Crippen LogP contribution in [0.4, 0.5) is 11.8 Å². The van der Waals surface area contributed by atoms with E-state index < -0.39 is 11.9 Å². The zero-order valence-electron chi connectivity index (χ0n) is 14.2. The van der Waals surface area contributed by atoms with E-state index in [0.717, 1.165) is 5.56 Å². The summed E-state index contributed by atoms with van der Waals surface area (Å²) < 4.78 is 0. The largest absolute Gasteiger partial charge is 0.403 e. The van der Waals surface area contributed by atoms with Crippen molar-refractivity contribution in [2.75, 3.05) is 10.6 Å². The highest BCUT2D eigenvalue weighted by molar-refractivity contribution is 6.32. The summed E-state index contributed by atoms with van der Waals surface area (Å²) in [5, 5.41) is 6.45. The molecule has 136 valence electrons. The minimum atomic E-state index is -0.666. The summed E-state index contributed by atoms with van der Waals surface area (Å²) in [5.74, 6) is 0.222. The molecule has 2 aromatic rings. The zero-order chi connectivity index (χ0) is 18.9. The van der Waals surface area contributed by atoms with Crippen LogP contribution in [-0.2, 0) is 11.3 Å². The number of amides is 1. The van der Waals surface area contributed by atoms with E-state index in [1.165, 1.54) is 18.6 Å². The molecule has 1 aromatic carbocycles. The lowest BCUT2D eigenvalue weighted by Crippen LogP contribution is -2.24. The Morgan fingerprint density at radius 3 is 2.77 bits per heavy atom. The Hall–Kier alpha value is -3.13. The topological polar surface area (TPSA) is 131 Å². The van der Waals surface area contributed by atoms with E-state index in [0.29, 0.717) is 23.1 Å². The number of rotatable bonds is 8. The van der Waals surface area contributed by atoms with Crippen LogP contribution in [0.5, 0.6) is 0 Å². The van der Waals surface area contributed by atoms with Gasteiger partial charge in [0.25, 0.3) is 0 Å². The van der Waals surface area contributed by atoms with Gasteiger partial charge in [0.05, 0.1) is 11.9 Å². The third kappa shape index (κ3) is 5.75. The number of allylic oxidation sites excluding steroid dienone is 1. The van der Waals surface area contributed by atoms with E-state index in [2.05, 4.69) is 25.6 Å². The molecule has 0 bridgehead atoms. The van der Waals surface area contributed by atoms with Crippen molar-refractivity contribution in [1.29, 1.82) is 0 Å². The number of primary amides is 1. The molecule has 9 heteroatoms. The molecule has 26 heavy (non-hydrogen) atoms. The molecule has 1 atom stereocenters. The summed E-state index contributed by atoms with van der Waals surface area (Å²) in [6, 6.07) is 9.18. The molecule has 0 unspecified atom stereocenters. The smallest absolute Gasteiger partial charge is 0.241 e. The van der Waals surface area contributed by atoms with Crippen LogP contribution in [-0.4, -0.2) is 28.1 Å². The predicted molar refractivity (Wildman–Crippen MR) is 104 cm³/mol. The Balaban J connectivity index is 2.06. The van der Waals surface area contributed by atoms with E-state index >= 15 is 0 Å². The maximum Gasteiger partial charge on any atom is 0.241 e. The minimum Gasteiger partial charge on any atom is -0.403 e. The summed E-state index contributed by atoms with van der Waals surface area (Å²) in [7, 11) is 0. The van der Waals surface area contributed by atoms with Crippen molar-refractivity contribution in [3.63, 3.8) is 0 Å². The first-order chi connectivity index (χ1) is 12.5. The molecule has 1 amide bonds. The number of nitrogens with two attached hydrogens (primary N) is 2. The van der Waals surface area contributed by atoms with Gasteiger partial charge < -0.3 is 22.1 Å². The first-order valence-electron chi connectivity index (χ1n) is 7.81. The molecular weight excluding hydrogens is 354 g/mol. The summed E-state index contributed by atoms with van der Waals surface area (Å²) in [6.07, 6.45) is 4.15. The monoisotopic (exact) mass is 373 g/mol. The van der Waals surface area contributed by atoms with Crippen molar-refractivity contribution >= 4 is 35.5 Å². The van der Waals surface area contributed by atoms with Crippen LogP contribution in [0, 0.1) is 0 Å². The quantitative estimate of drug-likeness (QED) is 0.522. The number of benzene rings is 1. The van der Waals surface area contributed by atoms with Crippen molar-refractivity contribution < 1.29 is 4.79 Å². The lowest BCUT2D eigenvalue weighted by atomic mass is 10.2. The maximum absolute atomic E-state index is 11.0. The summed E-state index contributed by atoms with van der Waals surface area (Å²) in [5.41, 5.74) is 12.2. The number of hydrogen-bond acceptors (Lipinski definition) is 7. The standard InChI is InChI=1S/C17H20ClN7O/c1-11(15(20)26)21-9-13(7-19)24-17-23-10-14(18)16(25-17)22-8-12-5-3-2-4-6-12/h2-7,9-11H,8,19H2,1H3,(H2,20,26)(H2,22,23,24,25)/t11-/m1/s1. The van der Waals surface area contributed by atoms with E-state index in [9.17, 15) is 4.79 Å². The minimum absolute atomic E-state index is 0.278. The van der Waals surface area contributed by atoms with Crippen LogP contribution < -0.4 is 22.1 Å². The van der Waals surface area contributed by atoms with Crippen molar-refractivity contribution in [3.8, 4) is 0 Å². The van der Waals surface area contributed by atoms with E-state index in [1.807, 2.05) is 30.3 Å². The van der Waals surface area contributed by atoms with Gasteiger partial charge in [-0.25, -0.2) is 4.98 Å². The summed E-state index contributed by atoms with van der Waals surface area (Å²) >= 11 is 6.14. The zero-order valence-corrected chi connectivity index (χ0v) is 14.9. The lowest BCUT2D eigenvalue weighted by Gasteiger charge is -2.10. The fourth-order valence-corrected chi connectivity index (χ4v) is 2.00. The van der Waals surface area contributed by atoms with Gasteiger partial charge >= 0.3 is 0 Å². The highest BCUT2D eigenvalue weighted by Gasteiger charge is 2.08. The number of carbonyl (C=O) groups excluding carboxylic acids is 1. The van der Waals surface area contributed by atoms with Crippen molar-refractivity contribution in [2.24, 2.45) is 16.5 Å². The predicted octanol–water partition coefficient (Wildman–Crippen LogP) is 1.90. The maximum atomic E-state index is 11.0. The second-order valence-corrected chi connectivity index (χ2v) is 5.74. The highest BCUT2D eigenvalue weighted by Crippen LogP contribution is 2.20. The molecule has 8 nitrogen and oxygen atoms in total. The molecule has 0 saturated carbocycles. The SMILES string of the molecule is C[C@@H](N=CC(=CN)Nc1ncc(Cl)c(NCc2ccccc2)n1)C(N)=O. The second-order valence-electron chi connectivity index (χ2n) is 5.33. The molecule has 0 spiro atoms. The van der Waals surface area contributed by atoms with Gasteiger partial charge in [-0.2, -0.15) is 4.98 Å². The molecule has 2 rings (SSSR count). The number of halogens is 1. The first kappa shape index (κ1) is 19.2. The molecule has 6 N–H and O–H groups in total. The molecule has 1 heterocycles. The molecule has 0 fully saturated rings. The van der Waals surface area contributed by atoms with E-state index in [4.69, 9.17) is 23.1 Å². The summed E-state index contributed by atoms with van der Waals surface area (Å²) in [6.45, 7) is 2.14. The van der Waals surface area contributed by atoms with Crippen LogP contribution >= 0.6 is 11.6 Å². The Bertz CT molecular complexity index is 808. The van der Waals surface area contributed by atoms with E-state index in [-0.39, 0.29) is 5.95 Å². The molecule has 0 saturated heterocycles. The summed E-state index contributed by atoms with van der Waals surface area (Å²) in [4.78, 5) is 23.4. The fraction of sp³-hybridized carbons (Fsp3) is 0.176. The van der Waals surface area contributed by atoms with Gasteiger partial charge in [-0.1, -0.05) is 41.9 Å². The number of carbonyl (C=O) groups is 1. The Morgan fingerprint density at radius 1 is 1.38 bits per heavy atom. The molecular formula is C17H20ClN7O. The Kier molecular flexibility index (Phi) is 6.92. The number of aromatic nitrogens is 2. The average Bonchev–Trinajstić information content (AvgIpc) is 2.65. The van der Waals surface area contributed by atoms with Gasteiger partial charge in [0.1, 0.15) is 11.1 Å². The van der Waals surface area contributed by atoms with Gasteiger partial charge in [-0.15, -0.1) is 0 Å². The third-order valence-corrected chi connectivity index (χ3v) is 3.61. The Morgan fingerprint density at radius 2 is 2.12 bits per heavy atom. The van der Waals surface area contributed by atoms with Gasteiger partial charge in [0, 0.05) is 19.0 Å². The van der Waals surface area contributed by atoms with Crippen molar-refractivity contribution in [2.45, 2.75) is 19.5 Å². The van der Waals surface area contributed by atoms with Crippen molar-refractivity contribution in [1.82, 2.24) is 9.97 Å². The third-order valence-electron chi connectivity index (χ3n) is 3.33. The van der Waals surface area contributed by atoms with Crippen LogP contribution in [0.2, 0.25) is 5.02 Å². The van der Waals surface area contributed by atoms with Crippen LogP contribution in [0.1, 0.15) is 12.5 Å². The van der Waals surface area contributed by atoms with Crippen LogP contribution in [0.25, 0.3) is 0 Å². The lowest BCUT2D eigenvalue weighted by molar-refractivity contribution is -0.118. The van der Waals surface area contributed by atoms with Gasteiger partial charge in [0.2, 0.25) is 11.9 Å². The molecule has 0 aliphatic heterocycles. The number of nitrogens with one attached hydrogen (secondary N) is 2. The first-order valence-corrected chi connectivity index (χ1v) is 8.19. The Labute approximate surface area is 156 Å². The van der Waals surface area contributed by atoms with Crippen LogP contribution in [0.3, 0.4) is 0 Å². The normalized spacial score (nSPS) is 12.8. The molecule has 0 radical (unpaired) electrons. The van der Waals surface area contributed by atoms with Crippen LogP contribution in [0.15, 0.2) is 53.4 Å². The van der Waals surface area contributed by atoms with Gasteiger partial charge in [-0.05, 0) is 12.5 Å². The highest BCUT2D eigenvalue weighted by atomic mass is 35.5. The second kappa shape index (κ2) is 9.38. The number of hydrogen-bond donors (Lipinski definition) is 4. The molecule has 1 aromatic heterocycles. The van der Waals surface area contributed by atoms with Crippen molar-refractivity contribution in [3.05, 3.63) is 59.0 Å². The number of anilines is 2. The molecule has 0 aliphatic rings. The average molecular weight is 374 g/mol. The van der Waals surface area contributed by atoms with E-state index in [1.54, 1.807) is 6.92 Å². The molecule has 0 aliphatic carbocycles. The number of aliphatic imine (C=N–C) groups is 1. The fourth-order valence-electron chi connectivity index (χ4n) is 1.84.